The molecular formula is C16H16O. The SMILES string of the molecule is C=C(CC(O)c1ccccc1)c1ccccc1. The molecule has 0 saturated carbocycles. The molecule has 1 N–H and O–H groups in total. The van der Waals surface area contributed by atoms with E-state index in [4.69, 9.17) is 0 Å². The zero-order valence-electron chi connectivity index (χ0n) is 9.71. The average molecular weight is 224 g/mol. The Bertz CT molecular complexity index is 473. The van der Waals surface area contributed by atoms with Gasteiger partial charge >= 0.3 is 0 Å². The average Bonchev–Trinajstić information content (AvgIpc) is 2.40. The van der Waals surface area contributed by atoms with E-state index in [1.807, 2.05) is 60.7 Å². The smallest absolute Gasteiger partial charge is 0.0830 e. The van der Waals surface area contributed by atoms with E-state index >= 15 is 0 Å². The van der Waals surface area contributed by atoms with Crippen molar-refractivity contribution < 1.29 is 5.11 Å². The number of aliphatic hydroxyl groups is 1. The summed E-state index contributed by atoms with van der Waals surface area (Å²) >= 11 is 0. The minimum absolute atomic E-state index is 0.482. The fourth-order valence-corrected chi connectivity index (χ4v) is 1.82. The highest BCUT2D eigenvalue weighted by Gasteiger charge is 2.09. The van der Waals surface area contributed by atoms with E-state index in [1.165, 1.54) is 0 Å². The highest BCUT2D eigenvalue weighted by molar-refractivity contribution is 5.63. The van der Waals surface area contributed by atoms with Crippen LogP contribution < -0.4 is 0 Å². The Morgan fingerprint density at radius 1 is 0.941 bits per heavy atom. The quantitative estimate of drug-likeness (QED) is 0.837. The largest absolute Gasteiger partial charge is 0.388 e. The second-order valence-electron chi connectivity index (χ2n) is 4.10. The van der Waals surface area contributed by atoms with Crippen molar-refractivity contribution in [3.05, 3.63) is 78.4 Å². The van der Waals surface area contributed by atoms with Gasteiger partial charge in [-0.15, -0.1) is 0 Å². The Labute approximate surface area is 102 Å². The molecule has 1 unspecified atom stereocenters. The van der Waals surface area contributed by atoms with Crippen LogP contribution in [0.25, 0.3) is 5.57 Å². The van der Waals surface area contributed by atoms with E-state index in [-0.39, 0.29) is 0 Å². The fraction of sp³-hybridized carbons (Fsp3) is 0.125. The lowest BCUT2D eigenvalue weighted by Gasteiger charge is -2.13. The summed E-state index contributed by atoms with van der Waals surface area (Å²) in [6, 6.07) is 19.6. The van der Waals surface area contributed by atoms with Gasteiger partial charge in [0.2, 0.25) is 0 Å². The van der Waals surface area contributed by atoms with E-state index in [9.17, 15) is 5.11 Å². The molecule has 2 aromatic rings. The lowest BCUT2D eigenvalue weighted by Crippen LogP contribution is -1.98. The zero-order valence-corrected chi connectivity index (χ0v) is 9.71. The minimum Gasteiger partial charge on any atom is -0.388 e. The number of benzene rings is 2. The van der Waals surface area contributed by atoms with Crippen LogP contribution in [-0.4, -0.2) is 5.11 Å². The zero-order chi connectivity index (χ0) is 12.1. The minimum atomic E-state index is -0.482. The van der Waals surface area contributed by atoms with Gasteiger partial charge in [0.15, 0.2) is 0 Å². The molecular weight excluding hydrogens is 208 g/mol. The first-order valence-electron chi connectivity index (χ1n) is 5.73. The van der Waals surface area contributed by atoms with Crippen molar-refractivity contribution >= 4 is 5.57 Å². The first-order valence-corrected chi connectivity index (χ1v) is 5.73. The third kappa shape index (κ3) is 3.05. The molecule has 0 saturated heterocycles. The topological polar surface area (TPSA) is 20.2 Å². The fourth-order valence-electron chi connectivity index (χ4n) is 1.82. The van der Waals surface area contributed by atoms with Gasteiger partial charge in [0, 0.05) is 6.42 Å². The molecule has 2 rings (SSSR count). The monoisotopic (exact) mass is 224 g/mol. The van der Waals surface area contributed by atoms with Crippen molar-refractivity contribution in [1.82, 2.24) is 0 Å². The van der Waals surface area contributed by atoms with Crippen LogP contribution in [0, 0.1) is 0 Å². The molecule has 86 valence electrons. The van der Waals surface area contributed by atoms with Crippen LogP contribution in [0.2, 0.25) is 0 Å². The Kier molecular flexibility index (Phi) is 3.73. The summed E-state index contributed by atoms with van der Waals surface area (Å²) in [5.74, 6) is 0. The molecule has 0 aliphatic carbocycles. The molecule has 0 fully saturated rings. The number of hydrogen-bond acceptors (Lipinski definition) is 1. The molecule has 1 atom stereocenters. The highest BCUT2D eigenvalue weighted by Crippen LogP contribution is 2.25. The Hall–Kier alpha value is -1.86. The summed E-state index contributed by atoms with van der Waals surface area (Å²) in [6.07, 6.45) is 0.0810. The van der Waals surface area contributed by atoms with Gasteiger partial charge in [0.05, 0.1) is 6.10 Å². The molecule has 2 aromatic carbocycles. The molecule has 1 heteroatoms. The predicted molar refractivity (Wildman–Crippen MR) is 71.5 cm³/mol. The summed E-state index contributed by atoms with van der Waals surface area (Å²) in [6.45, 7) is 4.03. The van der Waals surface area contributed by atoms with Crippen molar-refractivity contribution in [2.75, 3.05) is 0 Å². The van der Waals surface area contributed by atoms with Gasteiger partial charge in [-0.1, -0.05) is 67.2 Å². The van der Waals surface area contributed by atoms with Crippen molar-refractivity contribution in [1.29, 1.82) is 0 Å². The van der Waals surface area contributed by atoms with Gasteiger partial charge < -0.3 is 5.11 Å². The van der Waals surface area contributed by atoms with Gasteiger partial charge in [-0.3, -0.25) is 0 Å². The summed E-state index contributed by atoms with van der Waals surface area (Å²) in [5.41, 5.74) is 2.98. The lowest BCUT2D eigenvalue weighted by molar-refractivity contribution is 0.184. The van der Waals surface area contributed by atoms with E-state index in [0.29, 0.717) is 6.42 Å². The second-order valence-corrected chi connectivity index (χ2v) is 4.10. The Balaban J connectivity index is 2.05. The second kappa shape index (κ2) is 5.46. The summed E-state index contributed by atoms with van der Waals surface area (Å²) in [5, 5.41) is 10.1. The molecule has 0 bridgehead atoms. The summed E-state index contributed by atoms with van der Waals surface area (Å²) in [7, 11) is 0. The van der Waals surface area contributed by atoms with E-state index in [1.54, 1.807) is 0 Å². The molecule has 1 nitrogen and oxygen atoms in total. The summed E-state index contributed by atoms with van der Waals surface area (Å²) < 4.78 is 0. The van der Waals surface area contributed by atoms with Crippen molar-refractivity contribution in [3.8, 4) is 0 Å². The van der Waals surface area contributed by atoms with Crippen LogP contribution in [0.1, 0.15) is 23.7 Å². The van der Waals surface area contributed by atoms with Crippen molar-refractivity contribution in [2.45, 2.75) is 12.5 Å². The van der Waals surface area contributed by atoms with Gasteiger partial charge in [-0.25, -0.2) is 0 Å². The third-order valence-corrected chi connectivity index (χ3v) is 2.81. The Morgan fingerprint density at radius 2 is 1.47 bits per heavy atom. The van der Waals surface area contributed by atoms with Gasteiger partial charge in [0.25, 0.3) is 0 Å². The number of hydrogen-bond donors (Lipinski definition) is 1. The van der Waals surface area contributed by atoms with Crippen LogP contribution in [-0.2, 0) is 0 Å². The normalized spacial score (nSPS) is 12.1. The first-order chi connectivity index (χ1) is 8.27. The number of aliphatic hydroxyl groups excluding tert-OH is 1. The van der Waals surface area contributed by atoms with E-state index in [2.05, 4.69) is 6.58 Å². The van der Waals surface area contributed by atoms with Crippen LogP contribution in [0.15, 0.2) is 67.2 Å². The van der Waals surface area contributed by atoms with Crippen LogP contribution in [0.3, 0.4) is 0 Å². The van der Waals surface area contributed by atoms with Gasteiger partial charge in [0.1, 0.15) is 0 Å². The molecule has 0 aromatic heterocycles. The van der Waals surface area contributed by atoms with Crippen molar-refractivity contribution in [2.24, 2.45) is 0 Å². The maximum absolute atomic E-state index is 10.1. The van der Waals surface area contributed by atoms with Gasteiger partial charge in [-0.05, 0) is 16.7 Å². The predicted octanol–water partition coefficient (Wildman–Crippen LogP) is 3.82. The molecule has 0 amide bonds. The third-order valence-electron chi connectivity index (χ3n) is 2.81. The van der Waals surface area contributed by atoms with Crippen LogP contribution >= 0.6 is 0 Å². The summed E-state index contributed by atoms with van der Waals surface area (Å²) in [4.78, 5) is 0. The van der Waals surface area contributed by atoms with E-state index in [0.717, 1.165) is 16.7 Å². The highest BCUT2D eigenvalue weighted by atomic mass is 16.3. The maximum Gasteiger partial charge on any atom is 0.0830 e. The molecule has 0 radical (unpaired) electrons. The standard InChI is InChI=1S/C16H16O/c1-13(14-8-4-2-5-9-14)12-16(17)15-10-6-3-7-11-15/h2-11,16-17H,1,12H2. The first kappa shape index (κ1) is 11.6. The molecule has 0 aliphatic rings. The van der Waals surface area contributed by atoms with Crippen LogP contribution in [0.5, 0.6) is 0 Å². The maximum atomic E-state index is 10.1. The molecule has 0 aliphatic heterocycles. The number of rotatable bonds is 4. The molecule has 17 heavy (non-hydrogen) atoms. The van der Waals surface area contributed by atoms with E-state index < -0.39 is 6.10 Å². The lowest BCUT2D eigenvalue weighted by atomic mass is 9.98. The Morgan fingerprint density at radius 3 is 2.06 bits per heavy atom. The van der Waals surface area contributed by atoms with Crippen LogP contribution in [0.4, 0.5) is 0 Å². The van der Waals surface area contributed by atoms with Crippen molar-refractivity contribution in [3.63, 3.8) is 0 Å². The molecule has 0 heterocycles. The van der Waals surface area contributed by atoms with Gasteiger partial charge in [-0.2, -0.15) is 0 Å². The molecule has 0 spiro atoms.